The molecule has 0 saturated carbocycles. The third-order valence-corrected chi connectivity index (χ3v) is 5.56. The molecule has 8 heteroatoms. The highest BCUT2D eigenvalue weighted by molar-refractivity contribution is 5.56. The van der Waals surface area contributed by atoms with Gasteiger partial charge in [-0.2, -0.15) is 0 Å². The lowest BCUT2D eigenvalue weighted by molar-refractivity contribution is 0.460. The van der Waals surface area contributed by atoms with E-state index in [0.717, 1.165) is 24.4 Å². The number of nitrogens with one attached hydrogen (secondary N) is 1. The van der Waals surface area contributed by atoms with Crippen molar-refractivity contribution in [2.45, 2.75) is 67.0 Å². The number of hydrogen-bond acceptors (Lipinski definition) is 8. The molecule has 0 unspecified atom stereocenters. The molecule has 0 saturated heterocycles. The van der Waals surface area contributed by atoms with Crippen molar-refractivity contribution in [2.24, 2.45) is 5.73 Å². The lowest BCUT2D eigenvalue weighted by atomic mass is 10.1. The monoisotopic (exact) mass is 470 g/mol. The van der Waals surface area contributed by atoms with Gasteiger partial charge in [0.05, 0.1) is 30.3 Å². The number of furan rings is 2. The fourth-order valence-electron chi connectivity index (χ4n) is 3.04. The van der Waals surface area contributed by atoms with Gasteiger partial charge in [0.1, 0.15) is 11.5 Å². The van der Waals surface area contributed by atoms with Crippen molar-refractivity contribution in [3.63, 3.8) is 0 Å². The highest BCUT2D eigenvalue weighted by atomic mass is 16.3. The van der Waals surface area contributed by atoms with Crippen LogP contribution in [0.2, 0.25) is 0 Å². The van der Waals surface area contributed by atoms with Gasteiger partial charge in [-0.3, -0.25) is 19.2 Å². The highest BCUT2D eigenvalue weighted by Crippen LogP contribution is 2.22. The topological polar surface area (TPSA) is 133 Å². The van der Waals surface area contributed by atoms with Crippen LogP contribution in [0.5, 0.6) is 0 Å². The first-order chi connectivity index (χ1) is 15.6. The first-order valence-corrected chi connectivity index (χ1v) is 10.8. The fourth-order valence-corrected chi connectivity index (χ4v) is 3.04. The second kappa shape index (κ2) is 12.6. The van der Waals surface area contributed by atoms with Gasteiger partial charge in [0.15, 0.2) is 0 Å². The predicted octanol–water partition coefficient (Wildman–Crippen LogP) is 3.97. The standard InChI is InChI=1S/C12H13NO3.C7H11NO.C6H6O2.CH4/c1-3-8(9-5-4-6-16-9)13-10-7(2)11(14)12(10)15;1-2-6(8)7-4-3-5-9-7;1-3-4(2)6(8)5(3)7;/h4-6,8,13H,3H2,1-2H3;3-6H,2,8H2,1H3;1-2H3;1H4/t8-;6-;;/m11../s1. The van der Waals surface area contributed by atoms with E-state index in [-0.39, 0.29) is 30.4 Å². The van der Waals surface area contributed by atoms with Crippen LogP contribution in [0.4, 0.5) is 5.69 Å². The molecule has 3 N–H and O–H groups in total. The largest absolute Gasteiger partial charge is 0.468 e. The predicted molar refractivity (Wildman–Crippen MR) is 135 cm³/mol. The molecule has 2 heterocycles. The van der Waals surface area contributed by atoms with Crippen molar-refractivity contribution >= 4 is 5.69 Å². The van der Waals surface area contributed by atoms with Crippen LogP contribution in [0.1, 0.15) is 74.4 Å². The Kier molecular flexibility index (Phi) is 10.6. The van der Waals surface area contributed by atoms with Crippen molar-refractivity contribution in [2.75, 3.05) is 5.32 Å². The highest BCUT2D eigenvalue weighted by Gasteiger charge is 2.21. The number of nitrogens with two attached hydrogens (primary N) is 1. The molecule has 34 heavy (non-hydrogen) atoms. The van der Waals surface area contributed by atoms with Crippen LogP contribution in [-0.4, -0.2) is 0 Å². The van der Waals surface area contributed by atoms with E-state index < -0.39 is 10.9 Å². The molecule has 0 radical (unpaired) electrons. The van der Waals surface area contributed by atoms with Gasteiger partial charge in [-0.1, -0.05) is 21.3 Å². The van der Waals surface area contributed by atoms with Crippen molar-refractivity contribution < 1.29 is 8.83 Å². The summed E-state index contributed by atoms with van der Waals surface area (Å²) in [5, 5.41) is 3.05. The molecule has 2 aromatic heterocycles. The molecule has 0 fully saturated rings. The minimum atomic E-state index is -0.428. The molecule has 4 aromatic rings. The van der Waals surface area contributed by atoms with E-state index in [1.807, 2.05) is 32.0 Å². The van der Waals surface area contributed by atoms with E-state index >= 15 is 0 Å². The summed E-state index contributed by atoms with van der Waals surface area (Å²) in [6, 6.07) is 7.41. The second-order valence-corrected chi connectivity index (χ2v) is 7.72. The average molecular weight is 471 g/mol. The third-order valence-electron chi connectivity index (χ3n) is 5.56. The molecule has 184 valence electrons. The molecule has 8 nitrogen and oxygen atoms in total. The smallest absolute Gasteiger partial charge is 0.249 e. The maximum Gasteiger partial charge on any atom is 0.249 e. The second-order valence-electron chi connectivity index (χ2n) is 7.72. The molecule has 0 amide bonds. The van der Waals surface area contributed by atoms with E-state index in [1.165, 1.54) is 0 Å². The SMILES string of the molecule is C.CC[C@@H](N)c1ccco1.CC[C@@H](Nc1c(C)c(=O)c1=O)c1ccco1.Cc1c(C)c(=O)c1=O. The molecule has 0 aliphatic rings. The van der Waals surface area contributed by atoms with E-state index in [2.05, 4.69) is 5.32 Å². The van der Waals surface area contributed by atoms with Gasteiger partial charge < -0.3 is 19.9 Å². The van der Waals surface area contributed by atoms with Crippen molar-refractivity contribution in [3.05, 3.63) is 106 Å². The minimum absolute atomic E-state index is 0. The van der Waals surface area contributed by atoms with Gasteiger partial charge in [-0.25, -0.2) is 0 Å². The summed E-state index contributed by atoms with van der Waals surface area (Å²) in [7, 11) is 0. The average Bonchev–Trinajstić information content (AvgIpc) is 3.58. The van der Waals surface area contributed by atoms with Crippen LogP contribution in [0.25, 0.3) is 0 Å². The third kappa shape index (κ3) is 6.29. The summed E-state index contributed by atoms with van der Waals surface area (Å²) in [5.41, 5.74) is 6.36. The maximum absolute atomic E-state index is 11.3. The van der Waals surface area contributed by atoms with Crippen LogP contribution >= 0.6 is 0 Å². The number of hydrogen-bond donors (Lipinski definition) is 2. The van der Waals surface area contributed by atoms with E-state index in [9.17, 15) is 19.2 Å². The van der Waals surface area contributed by atoms with Gasteiger partial charge in [0, 0.05) is 16.7 Å². The fraction of sp³-hybridized carbons (Fsp3) is 0.385. The number of rotatable bonds is 6. The van der Waals surface area contributed by atoms with Crippen LogP contribution < -0.4 is 32.8 Å². The van der Waals surface area contributed by atoms with Gasteiger partial charge in [0.25, 0.3) is 0 Å². The first kappa shape index (κ1) is 28.5. The Morgan fingerprint density at radius 2 is 1.24 bits per heavy atom. The molecule has 0 aliphatic heterocycles. The number of anilines is 1. The van der Waals surface area contributed by atoms with E-state index in [4.69, 9.17) is 14.6 Å². The Balaban J connectivity index is 0.000000274. The molecule has 0 aliphatic carbocycles. The Labute approximate surface area is 198 Å². The summed E-state index contributed by atoms with van der Waals surface area (Å²) < 4.78 is 10.3. The zero-order valence-electron chi connectivity index (χ0n) is 19.6. The van der Waals surface area contributed by atoms with Crippen LogP contribution in [0, 0.1) is 20.8 Å². The molecule has 4 rings (SSSR count). The zero-order valence-corrected chi connectivity index (χ0v) is 19.6. The summed E-state index contributed by atoms with van der Waals surface area (Å²) in [4.78, 5) is 43.1. The van der Waals surface area contributed by atoms with Crippen LogP contribution in [-0.2, 0) is 0 Å². The van der Waals surface area contributed by atoms with E-state index in [0.29, 0.717) is 22.4 Å². The molecular formula is C26H34N2O6. The Hall–Kier alpha value is -3.52. The van der Waals surface area contributed by atoms with Crippen LogP contribution in [0.15, 0.2) is 64.8 Å². The van der Waals surface area contributed by atoms with Gasteiger partial charge >= 0.3 is 0 Å². The molecule has 2 aromatic carbocycles. The normalized spacial score (nSPS) is 12.1. The summed E-state index contributed by atoms with van der Waals surface area (Å²) in [6.07, 6.45) is 4.94. The van der Waals surface area contributed by atoms with Gasteiger partial charge in [0.2, 0.25) is 21.7 Å². The van der Waals surface area contributed by atoms with Gasteiger partial charge in [-0.05, 0) is 57.9 Å². The summed E-state index contributed by atoms with van der Waals surface area (Å²) in [5.74, 6) is 1.65. The molecule has 0 spiro atoms. The molecule has 2 atom stereocenters. The molecular weight excluding hydrogens is 436 g/mol. The maximum atomic E-state index is 11.3. The quantitative estimate of drug-likeness (QED) is 0.405. The summed E-state index contributed by atoms with van der Waals surface area (Å²) in [6.45, 7) is 9.01. The van der Waals surface area contributed by atoms with Crippen molar-refractivity contribution in [1.29, 1.82) is 0 Å². The lowest BCUT2D eigenvalue weighted by Crippen LogP contribution is -2.37. The lowest BCUT2D eigenvalue weighted by Gasteiger charge is -2.17. The zero-order chi connectivity index (χ0) is 24.7. The first-order valence-electron chi connectivity index (χ1n) is 10.8. The Bertz CT molecular complexity index is 1260. The summed E-state index contributed by atoms with van der Waals surface area (Å²) >= 11 is 0. The Morgan fingerprint density at radius 1 is 0.765 bits per heavy atom. The van der Waals surface area contributed by atoms with Crippen LogP contribution in [0.3, 0.4) is 0 Å². The molecule has 0 bridgehead atoms. The van der Waals surface area contributed by atoms with Crippen molar-refractivity contribution in [1.82, 2.24) is 0 Å². The minimum Gasteiger partial charge on any atom is -0.468 e. The Morgan fingerprint density at radius 3 is 1.59 bits per heavy atom. The van der Waals surface area contributed by atoms with Crippen molar-refractivity contribution in [3.8, 4) is 0 Å². The van der Waals surface area contributed by atoms with E-state index in [1.54, 1.807) is 39.4 Å². The van der Waals surface area contributed by atoms with Gasteiger partial charge in [-0.15, -0.1) is 0 Å².